The van der Waals surface area contributed by atoms with E-state index in [4.69, 9.17) is 0 Å². The second kappa shape index (κ2) is 10.0. The van der Waals surface area contributed by atoms with E-state index in [1.54, 1.807) is 20.1 Å². The van der Waals surface area contributed by atoms with E-state index in [-0.39, 0.29) is 46.0 Å². The molecule has 1 nitrogen and oxygen atoms in total. The summed E-state index contributed by atoms with van der Waals surface area (Å²) >= 11 is 0. The Labute approximate surface area is 70.8 Å². The Morgan fingerprint density at radius 1 is 1.43 bits per heavy atom. The summed E-state index contributed by atoms with van der Waals surface area (Å²) in [5.41, 5.74) is 0. The Hall–Kier alpha value is 0.916. The van der Waals surface area contributed by atoms with Crippen LogP contribution < -0.4 is 17.0 Å². The van der Waals surface area contributed by atoms with Crippen LogP contribution in [-0.2, 0) is 4.79 Å². The van der Waals surface area contributed by atoms with E-state index in [1.807, 2.05) is 0 Å². The van der Waals surface area contributed by atoms with E-state index >= 15 is 0 Å². The molecule has 7 heavy (non-hydrogen) atoms. The molecule has 0 aliphatic carbocycles. The molecular formula is C4H7BrMgO. The molecule has 0 amide bonds. The monoisotopic (exact) mass is 174 g/mol. The molecule has 0 rings (SSSR count). The van der Waals surface area contributed by atoms with Crippen molar-refractivity contribution in [3.8, 4) is 0 Å². The van der Waals surface area contributed by atoms with Gasteiger partial charge in [0.1, 0.15) is 0 Å². The molecule has 0 aliphatic heterocycles. The van der Waals surface area contributed by atoms with Gasteiger partial charge in [-0.1, -0.05) is 13.8 Å². The largest absolute Gasteiger partial charge is 2.00 e. The first-order chi connectivity index (χ1) is 2.27. The van der Waals surface area contributed by atoms with Crippen LogP contribution in [0.3, 0.4) is 0 Å². The van der Waals surface area contributed by atoms with Crippen molar-refractivity contribution in [1.82, 2.24) is 0 Å². The maximum absolute atomic E-state index is 9.38. The molecular weight excluding hydrogens is 168 g/mol. The number of hydrogen-bond donors (Lipinski definition) is 0. The molecule has 38 valence electrons. The third-order valence-corrected chi connectivity index (χ3v) is 0.236. The third-order valence-electron chi connectivity index (χ3n) is 0.236. The molecule has 0 aromatic carbocycles. The van der Waals surface area contributed by atoms with Crippen molar-refractivity contribution in [3.63, 3.8) is 0 Å². The van der Waals surface area contributed by atoms with Gasteiger partial charge in [0.2, 0.25) is 0 Å². The number of rotatable bonds is 1. The van der Waals surface area contributed by atoms with Gasteiger partial charge >= 0.3 is 23.1 Å². The Morgan fingerprint density at radius 3 is 1.57 bits per heavy atom. The minimum atomic E-state index is 0. The van der Waals surface area contributed by atoms with E-state index in [0.717, 1.165) is 0 Å². The molecule has 0 spiro atoms. The molecule has 0 saturated heterocycles. The van der Waals surface area contributed by atoms with Gasteiger partial charge in [-0.3, -0.25) is 6.29 Å². The van der Waals surface area contributed by atoms with E-state index in [2.05, 4.69) is 0 Å². The normalized spacial score (nSPS) is 6.14. The molecule has 0 unspecified atom stereocenters. The van der Waals surface area contributed by atoms with Crippen molar-refractivity contribution in [1.29, 1.82) is 0 Å². The first-order valence-electron chi connectivity index (χ1n) is 1.65. The van der Waals surface area contributed by atoms with Gasteiger partial charge in [-0.15, -0.1) is 5.92 Å². The second-order valence-corrected chi connectivity index (χ2v) is 1.27. The number of halogens is 1. The zero-order chi connectivity index (χ0) is 4.28. The Kier molecular flexibility index (Phi) is 22.4. The molecule has 0 radical (unpaired) electrons. The molecule has 0 atom stereocenters. The van der Waals surface area contributed by atoms with Crippen LogP contribution in [0.4, 0.5) is 0 Å². The SMILES string of the molecule is CC(C)[C-]=O.[Br-].[Mg+2]. The zero-order valence-electron chi connectivity index (χ0n) is 4.57. The first-order valence-corrected chi connectivity index (χ1v) is 1.65. The van der Waals surface area contributed by atoms with Gasteiger partial charge in [0.25, 0.3) is 0 Å². The Bertz CT molecular complexity index is 38.7. The fraction of sp³-hybridized carbons (Fsp3) is 0.750. The predicted octanol–water partition coefficient (Wildman–Crippen LogP) is -2.62. The quantitative estimate of drug-likeness (QED) is 0.315. The number of carbonyl (C=O) groups excluding carboxylic acids is 1. The van der Waals surface area contributed by atoms with Crippen LogP contribution >= 0.6 is 0 Å². The van der Waals surface area contributed by atoms with E-state index in [9.17, 15) is 4.79 Å². The summed E-state index contributed by atoms with van der Waals surface area (Å²) in [7, 11) is 0. The molecule has 0 saturated carbocycles. The molecule has 0 bridgehead atoms. The zero-order valence-corrected chi connectivity index (χ0v) is 7.57. The van der Waals surface area contributed by atoms with Crippen molar-refractivity contribution in [2.75, 3.05) is 0 Å². The molecule has 0 aromatic heterocycles. The summed E-state index contributed by atoms with van der Waals surface area (Å²) < 4.78 is 0. The average Bonchev–Trinajstić information content (AvgIpc) is 1.38. The van der Waals surface area contributed by atoms with Crippen LogP contribution in [0.2, 0.25) is 0 Å². The van der Waals surface area contributed by atoms with Gasteiger partial charge < -0.3 is 21.8 Å². The summed E-state index contributed by atoms with van der Waals surface area (Å²) in [5, 5.41) is 0. The smallest absolute Gasteiger partial charge is 1.00 e. The van der Waals surface area contributed by atoms with Gasteiger partial charge in [0, 0.05) is 0 Å². The first kappa shape index (κ1) is 15.7. The maximum atomic E-state index is 9.38. The summed E-state index contributed by atoms with van der Waals surface area (Å²) in [6.45, 7) is 3.60. The van der Waals surface area contributed by atoms with Crippen LogP contribution in [0, 0.1) is 5.92 Å². The van der Waals surface area contributed by atoms with Crippen molar-refractivity contribution in [2.45, 2.75) is 13.8 Å². The average molecular weight is 175 g/mol. The maximum Gasteiger partial charge on any atom is 2.00 e. The number of hydrogen-bond acceptors (Lipinski definition) is 1. The van der Waals surface area contributed by atoms with Crippen molar-refractivity contribution < 1.29 is 21.8 Å². The fourth-order valence-corrected chi connectivity index (χ4v) is 0. The minimum absolute atomic E-state index is 0. The Balaban J connectivity index is -0.0000000800. The van der Waals surface area contributed by atoms with Crippen LogP contribution in [0.15, 0.2) is 0 Å². The van der Waals surface area contributed by atoms with Crippen molar-refractivity contribution in [3.05, 3.63) is 0 Å². The van der Waals surface area contributed by atoms with E-state index < -0.39 is 0 Å². The van der Waals surface area contributed by atoms with Gasteiger partial charge in [-0.05, 0) is 0 Å². The third kappa shape index (κ3) is 19.7. The van der Waals surface area contributed by atoms with Crippen LogP contribution in [-0.4, -0.2) is 29.3 Å². The molecule has 0 fully saturated rings. The van der Waals surface area contributed by atoms with Crippen LogP contribution in [0.25, 0.3) is 0 Å². The van der Waals surface area contributed by atoms with Crippen LogP contribution in [0.5, 0.6) is 0 Å². The molecule has 0 aromatic rings. The summed E-state index contributed by atoms with van der Waals surface area (Å²) in [6.07, 6.45) is 1.78. The molecule has 3 heteroatoms. The van der Waals surface area contributed by atoms with Gasteiger partial charge in [0.15, 0.2) is 0 Å². The van der Waals surface area contributed by atoms with Gasteiger partial charge in [0.05, 0.1) is 0 Å². The summed E-state index contributed by atoms with van der Waals surface area (Å²) in [4.78, 5) is 9.38. The van der Waals surface area contributed by atoms with Crippen molar-refractivity contribution >= 4 is 29.3 Å². The molecule has 0 heterocycles. The van der Waals surface area contributed by atoms with Crippen molar-refractivity contribution in [2.24, 2.45) is 5.92 Å². The van der Waals surface area contributed by atoms with Gasteiger partial charge in [-0.2, -0.15) is 0 Å². The summed E-state index contributed by atoms with van der Waals surface area (Å²) in [5.74, 6) is 0.0787. The van der Waals surface area contributed by atoms with E-state index in [0.29, 0.717) is 0 Å². The van der Waals surface area contributed by atoms with Crippen LogP contribution in [0.1, 0.15) is 13.8 Å². The standard InChI is InChI=1S/C4H7O.BrH.Mg/c1-4(2)3-5;;/h4H,1-2H3;1H;/q-1;;+2/p-1. The fourth-order valence-electron chi connectivity index (χ4n) is 0. The topological polar surface area (TPSA) is 17.1 Å². The second-order valence-electron chi connectivity index (χ2n) is 1.27. The Morgan fingerprint density at radius 2 is 1.57 bits per heavy atom. The minimum Gasteiger partial charge on any atom is -1.00 e. The predicted molar refractivity (Wildman–Crippen MR) is 26.3 cm³/mol. The molecule has 0 aliphatic rings. The van der Waals surface area contributed by atoms with E-state index in [1.165, 1.54) is 0 Å². The van der Waals surface area contributed by atoms with Gasteiger partial charge in [-0.25, -0.2) is 0 Å². The summed E-state index contributed by atoms with van der Waals surface area (Å²) in [6, 6.07) is 0. The molecule has 0 N–H and O–H groups in total.